The summed E-state index contributed by atoms with van der Waals surface area (Å²) in [4.78, 5) is 25.5. The number of hydrogen-bond donors (Lipinski definition) is 2. The standard InChI is InChI=1S/C10H10N2O3/c13-5-12-9-6-2-1-3-8(14)7(6)4-11-10(9)15/h4-5H,1-3H2,(H,11,15)(H,12,13). The third-order valence-corrected chi connectivity index (χ3v) is 2.50. The van der Waals surface area contributed by atoms with Gasteiger partial charge in [-0.1, -0.05) is 0 Å². The van der Waals surface area contributed by atoms with Crippen molar-refractivity contribution in [2.24, 2.45) is 0 Å². The normalized spacial score (nSPS) is 14.5. The van der Waals surface area contributed by atoms with Gasteiger partial charge in [0.15, 0.2) is 5.78 Å². The molecule has 15 heavy (non-hydrogen) atoms. The van der Waals surface area contributed by atoms with Gasteiger partial charge in [-0.15, -0.1) is 0 Å². The molecule has 0 aromatic carbocycles. The van der Waals surface area contributed by atoms with Gasteiger partial charge in [-0.2, -0.15) is 0 Å². The number of hydrogen-bond acceptors (Lipinski definition) is 4. The number of rotatable bonds is 2. The number of fused-ring (bicyclic) bond motifs is 1. The SMILES string of the molecule is O=CNc1c(O)ncc2c1CCCC2=O. The monoisotopic (exact) mass is 206 g/mol. The van der Waals surface area contributed by atoms with Crippen LogP contribution in [0.3, 0.4) is 0 Å². The fraction of sp³-hybridized carbons (Fsp3) is 0.300. The van der Waals surface area contributed by atoms with Gasteiger partial charge in [0.2, 0.25) is 12.3 Å². The Morgan fingerprint density at radius 3 is 3.00 bits per heavy atom. The summed E-state index contributed by atoms with van der Waals surface area (Å²) in [6, 6.07) is 0. The summed E-state index contributed by atoms with van der Waals surface area (Å²) in [5, 5.41) is 11.8. The number of ketones is 1. The first kappa shape index (κ1) is 9.64. The maximum atomic E-state index is 11.5. The summed E-state index contributed by atoms with van der Waals surface area (Å²) < 4.78 is 0. The van der Waals surface area contributed by atoms with Crippen LogP contribution in [0, 0.1) is 0 Å². The first-order chi connectivity index (χ1) is 7.24. The first-order valence-corrected chi connectivity index (χ1v) is 4.68. The molecule has 2 N–H and O–H groups in total. The summed E-state index contributed by atoms with van der Waals surface area (Å²) in [6.45, 7) is 0. The molecule has 0 bridgehead atoms. The van der Waals surface area contributed by atoms with Gasteiger partial charge < -0.3 is 10.4 Å². The van der Waals surface area contributed by atoms with E-state index in [0.717, 1.165) is 6.42 Å². The van der Waals surface area contributed by atoms with Crippen LogP contribution in [0.25, 0.3) is 0 Å². The van der Waals surface area contributed by atoms with E-state index in [-0.39, 0.29) is 17.4 Å². The minimum Gasteiger partial charge on any atom is -0.492 e. The Hall–Kier alpha value is -1.91. The van der Waals surface area contributed by atoms with Gasteiger partial charge in [-0.25, -0.2) is 4.98 Å². The van der Waals surface area contributed by atoms with Gasteiger partial charge >= 0.3 is 0 Å². The van der Waals surface area contributed by atoms with E-state index < -0.39 is 0 Å². The van der Waals surface area contributed by atoms with Crippen LogP contribution in [0.1, 0.15) is 28.8 Å². The van der Waals surface area contributed by atoms with Crippen molar-refractivity contribution < 1.29 is 14.7 Å². The van der Waals surface area contributed by atoms with Crippen LogP contribution in [0.5, 0.6) is 5.88 Å². The molecule has 5 heteroatoms. The summed E-state index contributed by atoms with van der Waals surface area (Å²) in [5.74, 6) is -0.228. The van der Waals surface area contributed by atoms with Crippen LogP contribution in [-0.2, 0) is 11.2 Å². The lowest BCUT2D eigenvalue weighted by atomic mass is 9.91. The summed E-state index contributed by atoms with van der Waals surface area (Å²) in [7, 11) is 0. The first-order valence-electron chi connectivity index (χ1n) is 4.68. The minimum absolute atomic E-state index is 0.0118. The Morgan fingerprint density at radius 2 is 2.27 bits per heavy atom. The predicted molar refractivity (Wildman–Crippen MR) is 52.9 cm³/mol. The van der Waals surface area contributed by atoms with Crippen molar-refractivity contribution in [2.75, 3.05) is 5.32 Å². The molecule has 78 valence electrons. The third-order valence-electron chi connectivity index (χ3n) is 2.50. The second-order valence-electron chi connectivity index (χ2n) is 3.39. The number of anilines is 1. The number of nitrogens with one attached hydrogen (secondary N) is 1. The van der Waals surface area contributed by atoms with E-state index in [2.05, 4.69) is 10.3 Å². The summed E-state index contributed by atoms with van der Waals surface area (Å²) in [6.07, 6.45) is 3.74. The number of carbonyl (C=O) groups is 2. The number of amides is 1. The van der Waals surface area contributed by atoms with Crippen LogP contribution < -0.4 is 5.32 Å². The quantitative estimate of drug-likeness (QED) is 0.704. The molecule has 0 unspecified atom stereocenters. The zero-order valence-electron chi connectivity index (χ0n) is 7.99. The molecule has 0 atom stereocenters. The number of carbonyl (C=O) groups excluding carboxylic acids is 2. The lowest BCUT2D eigenvalue weighted by Crippen LogP contribution is -2.14. The Bertz CT molecular complexity index is 429. The zero-order chi connectivity index (χ0) is 10.8. The molecule has 1 aliphatic carbocycles. The van der Waals surface area contributed by atoms with Crippen LogP contribution in [0.2, 0.25) is 0 Å². The number of aromatic hydroxyl groups is 1. The van der Waals surface area contributed by atoms with Gasteiger partial charge in [0, 0.05) is 18.2 Å². The highest BCUT2D eigenvalue weighted by Gasteiger charge is 2.22. The van der Waals surface area contributed by atoms with Gasteiger partial charge in [-0.05, 0) is 18.4 Å². The molecule has 5 nitrogen and oxygen atoms in total. The van der Waals surface area contributed by atoms with Crippen molar-refractivity contribution in [1.29, 1.82) is 0 Å². The second-order valence-corrected chi connectivity index (χ2v) is 3.39. The van der Waals surface area contributed by atoms with E-state index in [1.54, 1.807) is 0 Å². The lowest BCUT2D eigenvalue weighted by Gasteiger charge is -2.17. The maximum Gasteiger partial charge on any atom is 0.235 e. The highest BCUT2D eigenvalue weighted by molar-refractivity contribution is 6.00. The molecule has 0 aliphatic heterocycles. The number of Topliss-reactive ketones (excluding diaryl/α,β-unsaturated/α-hetero) is 1. The van der Waals surface area contributed by atoms with Crippen molar-refractivity contribution in [3.8, 4) is 5.88 Å². The molecule has 1 heterocycles. The van der Waals surface area contributed by atoms with Crippen LogP contribution in [0.4, 0.5) is 5.69 Å². The van der Waals surface area contributed by atoms with Crippen LogP contribution >= 0.6 is 0 Å². The Kier molecular flexibility index (Phi) is 2.37. The zero-order valence-corrected chi connectivity index (χ0v) is 7.99. The fourth-order valence-corrected chi connectivity index (χ4v) is 1.81. The molecule has 1 aromatic heterocycles. The van der Waals surface area contributed by atoms with E-state index >= 15 is 0 Å². The van der Waals surface area contributed by atoms with Crippen molar-refractivity contribution in [3.63, 3.8) is 0 Å². The average molecular weight is 206 g/mol. The molecule has 0 saturated heterocycles. The lowest BCUT2D eigenvalue weighted by molar-refractivity contribution is -0.105. The van der Waals surface area contributed by atoms with Gasteiger partial charge in [-0.3, -0.25) is 9.59 Å². The van der Waals surface area contributed by atoms with Crippen molar-refractivity contribution >= 4 is 17.9 Å². The van der Waals surface area contributed by atoms with Gasteiger partial charge in [0.05, 0.1) is 0 Å². The highest BCUT2D eigenvalue weighted by Crippen LogP contribution is 2.32. The molecule has 0 fully saturated rings. The predicted octanol–water partition coefficient (Wildman–Crippen LogP) is 0.874. The topological polar surface area (TPSA) is 79.3 Å². The second kappa shape index (κ2) is 3.68. The van der Waals surface area contributed by atoms with E-state index in [4.69, 9.17) is 0 Å². The molecule has 2 rings (SSSR count). The molecular formula is C10H10N2O3. The molecule has 0 spiro atoms. The van der Waals surface area contributed by atoms with Gasteiger partial charge in [0.25, 0.3) is 0 Å². The number of nitrogens with zero attached hydrogens (tertiary/aromatic N) is 1. The minimum atomic E-state index is -0.240. The maximum absolute atomic E-state index is 11.5. The fourth-order valence-electron chi connectivity index (χ4n) is 1.81. The highest BCUT2D eigenvalue weighted by atomic mass is 16.3. The Labute approximate surface area is 86.1 Å². The van der Waals surface area contributed by atoms with Gasteiger partial charge in [0.1, 0.15) is 5.69 Å². The molecular weight excluding hydrogens is 196 g/mol. The average Bonchev–Trinajstić information content (AvgIpc) is 2.23. The Balaban J connectivity index is 2.57. The van der Waals surface area contributed by atoms with Crippen molar-refractivity contribution in [3.05, 3.63) is 17.3 Å². The van der Waals surface area contributed by atoms with E-state index in [1.165, 1.54) is 6.20 Å². The van der Waals surface area contributed by atoms with E-state index in [1.807, 2.05) is 0 Å². The van der Waals surface area contributed by atoms with Crippen LogP contribution in [0.15, 0.2) is 6.20 Å². The number of aromatic nitrogens is 1. The molecule has 1 aliphatic rings. The van der Waals surface area contributed by atoms with E-state index in [0.29, 0.717) is 30.4 Å². The van der Waals surface area contributed by atoms with Crippen molar-refractivity contribution in [1.82, 2.24) is 4.98 Å². The van der Waals surface area contributed by atoms with E-state index in [9.17, 15) is 14.7 Å². The van der Waals surface area contributed by atoms with Crippen LogP contribution in [-0.4, -0.2) is 22.3 Å². The number of pyridine rings is 1. The smallest absolute Gasteiger partial charge is 0.235 e. The largest absolute Gasteiger partial charge is 0.492 e. The molecule has 0 saturated carbocycles. The Morgan fingerprint density at radius 1 is 1.47 bits per heavy atom. The summed E-state index contributed by atoms with van der Waals surface area (Å²) >= 11 is 0. The molecule has 0 radical (unpaired) electrons. The van der Waals surface area contributed by atoms with Crippen molar-refractivity contribution in [2.45, 2.75) is 19.3 Å². The molecule has 1 amide bonds. The summed E-state index contributed by atoms with van der Waals surface area (Å²) in [5.41, 5.74) is 1.45. The molecule has 1 aromatic rings. The third kappa shape index (κ3) is 1.56.